The predicted molar refractivity (Wildman–Crippen MR) is 59.6 cm³/mol. The Balaban J connectivity index is 2.38. The van der Waals surface area contributed by atoms with Crippen LogP contribution in [0.25, 0.3) is 0 Å². The molecule has 0 saturated carbocycles. The van der Waals surface area contributed by atoms with Gasteiger partial charge in [0.15, 0.2) is 0 Å². The van der Waals surface area contributed by atoms with Gasteiger partial charge in [-0.15, -0.1) is 0 Å². The summed E-state index contributed by atoms with van der Waals surface area (Å²) in [4.78, 5) is 22.4. The maximum absolute atomic E-state index is 11.3. The van der Waals surface area contributed by atoms with E-state index in [9.17, 15) is 9.59 Å². The molecular weight excluding hydrogens is 222 g/mol. The lowest BCUT2D eigenvalue weighted by Crippen LogP contribution is -2.24. The molecule has 5 nitrogen and oxygen atoms in total. The number of benzene rings is 1. The highest BCUT2D eigenvalue weighted by Gasteiger charge is 2.39. The fourth-order valence-electron chi connectivity index (χ4n) is 2.10. The van der Waals surface area contributed by atoms with Crippen LogP contribution in [0.2, 0.25) is 0 Å². The third-order valence-electron chi connectivity index (χ3n) is 2.92. The topological polar surface area (TPSA) is 75.6 Å². The van der Waals surface area contributed by atoms with Crippen molar-refractivity contribution in [2.45, 2.75) is 12.5 Å². The van der Waals surface area contributed by atoms with Crippen molar-refractivity contribution in [3.63, 3.8) is 0 Å². The van der Waals surface area contributed by atoms with Gasteiger partial charge in [-0.25, -0.2) is 0 Å². The van der Waals surface area contributed by atoms with Crippen LogP contribution in [0.1, 0.15) is 18.0 Å². The molecular formula is C12H13NO4. The Hall–Kier alpha value is -2.04. The smallest absolute Gasteiger partial charge is 0.309 e. The highest BCUT2D eigenvalue weighted by Crippen LogP contribution is 2.35. The SMILES string of the molecule is COc1ccccc1[C@H]1NC(=O)C[C@@H]1C(=O)O. The number of carbonyl (C=O) groups excluding carboxylic acids is 1. The predicted octanol–water partition coefficient (Wildman–Crippen LogP) is 0.957. The van der Waals surface area contributed by atoms with Gasteiger partial charge in [-0.05, 0) is 6.07 Å². The summed E-state index contributed by atoms with van der Waals surface area (Å²) in [5.74, 6) is -1.36. The molecule has 1 aliphatic heterocycles. The number of rotatable bonds is 3. The molecule has 0 radical (unpaired) electrons. The van der Waals surface area contributed by atoms with Gasteiger partial charge >= 0.3 is 5.97 Å². The zero-order chi connectivity index (χ0) is 12.4. The van der Waals surface area contributed by atoms with Crippen LogP contribution in [-0.2, 0) is 9.59 Å². The fraction of sp³-hybridized carbons (Fsp3) is 0.333. The first-order chi connectivity index (χ1) is 8.13. The first kappa shape index (κ1) is 11.4. The summed E-state index contributed by atoms with van der Waals surface area (Å²) < 4.78 is 5.18. The molecule has 0 aromatic heterocycles. The lowest BCUT2D eigenvalue weighted by Gasteiger charge is -2.18. The van der Waals surface area contributed by atoms with Crippen LogP contribution in [0.3, 0.4) is 0 Å². The zero-order valence-corrected chi connectivity index (χ0v) is 9.34. The standard InChI is InChI=1S/C12H13NO4/c1-17-9-5-3-2-4-7(9)11-8(12(15)16)6-10(14)13-11/h2-5,8,11H,6H2,1H3,(H,13,14)(H,15,16)/t8-,11+/m0/s1. The summed E-state index contributed by atoms with van der Waals surface area (Å²) in [6.07, 6.45) is 0.0120. The van der Waals surface area contributed by atoms with E-state index in [-0.39, 0.29) is 12.3 Å². The van der Waals surface area contributed by atoms with Gasteiger partial charge in [0.2, 0.25) is 5.91 Å². The Kier molecular flexibility index (Phi) is 2.99. The minimum atomic E-state index is -0.973. The second-order valence-electron chi connectivity index (χ2n) is 3.94. The van der Waals surface area contributed by atoms with E-state index in [1.807, 2.05) is 0 Å². The highest BCUT2D eigenvalue weighted by atomic mass is 16.5. The molecule has 1 heterocycles. The van der Waals surface area contributed by atoms with Gasteiger partial charge in [-0.3, -0.25) is 9.59 Å². The van der Waals surface area contributed by atoms with Gasteiger partial charge in [-0.2, -0.15) is 0 Å². The Labute approximate surface area is 98.4 Å². The Morgan fingerprint density at radius 2 is 2.18 bits per heavy atom. The van der Waals surface area contributed by atoms with Crippen molar-refractivity contribution in [2.75, 3.05) is 7.11 Å². The highest BCUT2D eigenvalue weighted by molar-refractivity contribution is 5.87. The van der Waals surface area contributed by atoms with E-state index < -0.39 is 17.9 Å². The molecule has 0 aliphatic carbocycles. The Bertz CT molecular complexity index is 458. The normalized spacial score (nSPS) is 23.2. The molecule has 2 N–H and O–H groups in total. The van der Waals surface area contributed by atoms with E-state index in [1.165, 1.54) is 7.11 Å². The van der Waals surface area contributed by atoms with Gasteiger partial charge in [0, 0.05) is 12.0 Å². The number of hydrogen-bond acceptors (Lipinski definition) is 3. The molecule has 5 heteroatoms. The summed E-state index contributed by atoms with van der Waals surface area (Å²) in [6, 6.07) is 6.59. The molecule has 2 atom stereocenters. The molecule has 17 heavy (non-hydrogen) atoms. The maximum Gasteiger partial charge on any atom is 0.309 e. The van der Waals surface area contributed by atoms with Crippen LogP contribution in [0, 0.1) is 5.92 Å². The summed E-state index contributed by atoms with van der Waals surface area (Å²) in [7, 11) is 1.52. The van der Waals surface area contributed by atoms with E-state index in [2.05, 4.69) is 5.32 Å². The molecule has 1 aromatic rings. The number of carboxylic acids is 1. The number of hydrogen-bond donors (Lipinski definition) is 2. The molecule has 2 rings (SSSR count). The van der Waals surface area contributed by atoms with Crippen LogP contribution in [0.4, 0.5) is 0 Å². The monoisotopic (exact) mass is 235 g/mol. The summed E-state index contributed by atoms with van der Waals surface area (Å²) in [6.45, 7) is 0. The van der Waals surface area contributed by atoms with Crippen LogP contribution >= 0.6 is 0 Å². The van der Waals surface area contributed by atoms with Gasteiger partial charge < -0.3 is 15.2 Å². The van der Waals surface area contributed by atoms with E-state index in [1.54, 1.807) is 24.3 Å². The van der Waals surface area contributed by atoms with Gasteiger partial charge in [0.25, 0.3) is 0 Å². The quantitative estimate of drug-likeness (QED) is 0.818. The molecule has 1 amide bonds. The minimum absolute atomic E-state index is 0.0120. The third-order valence-corrected chi connectivity index (χ3v) is 2.92. The molecule has 0 spiro atoms. The fourth-order valence-corrected chi connectivity index (χ4v) is 2.10. The number of aliphatic carboxylic acids is 1. The van der Waals surface area contributed by atoms with Crippen LogP contribution in [-0.4, -0.2) is 24.1 Å². The van der Waals surface area contributed by atoms with Gasteiger partial charge in [0.1, 0.15) is 5.75 Å². The molecule has 1 aromatic carbocycles. The van der Waals surface area contributed by atoms with E-state index in [0.29, 0.717) is 11.3 Å². The van der Waals surface area contributed by atoms with Crippen molar-refractivity contribution in [1.82, 2.24) is 5.32 Å². The van der Waals surface area contributed by atoms with Crippen molar-refractivity contribution < 1.29 is 19.4 Å². The molecule has 1 aliphatic rings. The number of methoxy groups -OCH3 is 1. The first-order valence-corrected chi connectivity index (χ1v) is 5.28. The van der Waals surface area contributed by atoms with E-state index in [0.717, 1.165) is 0 Å². The number of para-hydroxylation sites is 1. The van der Waals surface area contributed by atoms with Crippen LogP contribution in [0.15, 0.2) is 24.3 Å². The number of amides is 1. The number of nitrogens with one attached hydrogen (secondary N) is 1. The molecule has 0 bridgehead atoms. The van der Waals surface area contributed by atoms with E-state index in [4.69, 9.17) is 9.84 Å². The van der Waals surface area contributed by atoms with Crippen molar-refractivity contribution in [3.05, 3.63) is 29.8 Å². The van der Waals surface area contributed by atoms with Gasteiger partial charge in [-0.1, -0.05) is 18.2 Å². The summed E-state index contributed by atoms with van der Waals surface area (Å²) in [5, 5.41) is 11.8. The van der Waals surface area contributed by atoms with Crippen LogP contribution in [0.5, 0.6) is 5.75 Å². The Morgan fingerprint density at radius 1 is 1.47 bits per heavy atom. The number of ether oxygens (including phenoxy) is 1. The largest absolute Gasteiger partial charge is 0.496 e. The van der Waals surface area contributed by atoms with Crippen LogP contribution < -0.4 is 10.1 Å². The van der Waals surface area contributed by atoms with Crippen molar-refractivity contribution in [2.24, 2.45) is 5.92 Å². The average Bonchev–Trinajstić information content (AvgIpc) is 2.71. The Morgan fingerprint density at radius 3 is 2.82 bits per heavy atom. The second kappa shape index (κ2) is 4.45. The summed E-state index contributed by atoms with van der Waals surface area (Å²) in [5.41, 5.74) is 0.702. The average molecular weight is 235 g/mol. The molecule has 0 unspecified atom stereocenters. The molecule has 1 fully saturated rings. The van der Waals surface area contributed by atoms with Crippen molar-refractivity contribution in [3.8, 4) is 5.75 Å². The minimum Gasteiger partial charge on any atom is -0.496 e. The van der Waals surface area contributed by atoms with E-state index >= 15 is 0 Å². The molecule has 90 valence electrons. The molecule has 1 saturated heterocycles. The van der Waals surface area contributed by atoms with Crippen molar-refractivity contribution >= 4 is 11.9 Å². The number of carboxylic acid groups (broad SMARTS) is 1. The lowest BCUT2D eigenvalue weighted by atomic mass is 9.94. The second-order valence-corrected chi connectivity index (χ2v) is 3.94. The maximum atomic E-state index is 11.3. The van der Waals surface area contributed by atoms with Crippen molar-refractivity contribution in [1.29, 1.82) is 0 Å². The lowest BCUT2D eigenvalue weighted by molar-refractivity contribution is -0.142. The first-order valence-electron chi connectivity index (χ1n) is 5.28. The van der Waals surface area contributed by atoms with Gasteiger partial charge in [0.05, 0.1) is 19.1 Å². The number of carbonyl (C=O) groups is 2. The zero-order valence-electron chi connectivity index (χ0n) is 9.34. The summed E-state index contributed by atoms with van der Waals surface area (Å²) >= 11 is 0. The third kappa shape index (κ3) is 2.08.